The maximum absolute atomic E-state index is 11.1. The molecule has 0 saturated heterocycles. The predicted octanol–water partition coefficient (Wildman–Crippen LogP) is 2.59. The van der Waals surface area contributed by atoms with Crippen LogP contribution in [0.25, 0.3) is 0 Å². The molecule has 0 radical (unpaired) electrons. The van der Waals surface area contributed by atoms with Crippen LogP contribution in [0.2, 0.25) is 0 Å². The quantitative estimate of drug-likeness (QED) is 0.576. The third-order valence-corrected chi connectivity index (χ3v) is 1.52. The van der Waals surface area contributed by atoms with Gasteiger partial charge in [0.15, 0.2) is 5.78 Å². The SMILES string of the molecule is O=C1CC=CC=CC=CC=CN=NC1. The second-order valence-electron chi connectivity index (χ2n) is 2.70. The number of ketones is 1. The molecule has 0 saturated carbocycles. The molecule has 0 spiro atoms. The van der Waals surface area contributed by atoms with Crippen LogP contribution < -0.4 is 0 Å². The number of nitrogens with zero attached hydrogens (tertiary/aromatic N) is 2. The van der Waals surface area contributed by atoms with Gasteiger partial charge in [-0.05, 0) is 6.08 Å². The molecule has 0 atom stereocenters. The second kappa shape index (κ2) is 6.71. The van der Waals surface area contributed by atoms with E-state index < -0.39 is 0 Å². The maximum atomic E-state index is 11.1. The van der Waals surface area contributed by atoms with E-state index in [1.165, 1.54) is 0 Å². The van der Waals surface area contributed by atoms with Gasteiger partial charge in [0.2, 0.25) is 0 Å². The lowest BCUT2D eigenvalue weighted by atomic mass is 10.2. The van der Waals surface area contributed by atoms with Crippen LogP contribution >= 0.6 is 0 Å². The van der Waals surface area contributed by atoms with Crippen LogP contribution in [-0.4, -0.2) is 12.3 Å². The molecule has 3 heteroatoms. The minimum absolute atomic E-state index is 0.0685. The predicted molar refractivity (Wildman–Crippen MR) is 55.9 cm³/mol. The summed E-state index contributed by atoms with van der Waals surface area (Å²) >= 11 is 0. The zero-order valence-electron chi connectivity index (χ0n) is 7.84. The number of hydrogen-bond acceptors (Lipinski definition) is 3. The van der Waals surface area contributed by atoms with Crippen molar-refractivity contribution in [2.24, 2.45) is 10.2 Å². The van der Waals surface area contributed by atoms with E-state index in [-0.39, 0.29) is 12.3 Å². The van der Waals surface area contributed by atoms with Crippen molar-refractivity contribution in [1.29, 1.82) is 0 Å². The van der Waals surface area contributed by atoms with Gasteiger partial charge in [-0.2, -0.15) is 10.2 Å². The summed E-state index contributed by atoms with van der Waals surface area (Å²) in [5.74, 6) is 0.0685. The number of hydrogen-bond donors (Lipinski definition) is 0. The Morgan fingerprint density at radius 2 is 1.71 bits per heavy atom. The number of allylic oxidation sites excluding steroid dienone is 7. The van der Waals surface area contributed by atoms with Crippen molar-refractivity contribution < 1.29 is 4.79 Å². The molecule has 0 amide bonds. The summed E-state index contributed by atoms with van der Waals surface area (Å²) < 4.78 is 0. The third-order valence-electron chi connectivity index (χ3n) is 1.52. The Morgan fingerprint density at radius 1 is 1.00 bits per heavy atom. The van der Waals surface area contributed by atoms with Crippen molar-refractivity contribution >= 4 is 5.78 Å². The largest absolute Gasteiger partial charge is 0.297 e. The molecule has 1 aliphatic heterocycles. The molecular weight excluding hydrogens is 176 g/mol. The molecule has 14 heavy (non-hydrogen) atoms. The average Bonchev–Trinajstić information content (AvgIpc) is 2.20. The van der Waals surface area contributed by atoms with E-state index in [1.54, 1.807) is 12.3 Å². The minimum atomic E-state index is 0.0685. The first-order valence-electron chi connectivity index (χ1n) is 4.43. The van der Waals surface area contributed by atoms with Gasteiger partial charge in [-0.1, -0.05) is 36.5 Å². The van der Waals surface area contributed by atoms with Gasteiger partial charge in [0, 0.05) is 12.6 Å². The lowest BCUT2D eigenvalue weighted by Gasteiger charge is -1.87. The van der Waals surface area contributed by atoms with Crippen molar-refractivity contribution in [3.63, 3.8) is 0 Å². The second-order valence-corrected chi connectivity index (χ2v) is 2.70. The van der Waals surface area contributed by atoms with Crippen LogP contribution in [0.3, 0.4) is 0 Å². The zero-order valence-corrected chi connectivity index (χ0v) is 7.84. The Bertz CT molecular complexity index is 292. The maximum Gasteiger partial charge on any atom is 0.159 e. The number of carbonyl (C=O) groups is 1. The highest BCUT2D eigenvalue weighted by Crippen LogP contribution is 1.91. The molecule has 0 fully saturated rings. The highest BCUT2D eigenvalue weighted by atomic mass is 16.1. The van der Waals surface area contributed by atoms with Crippen molar-refractivity contribution in [2.45, 2.75) is 6.42 Å². The molecular formula is C11H12N2O. The van der Waals surface area contributed by atoms with Crippen LogP contribution in [0.5, 0.6) is 0 Å². The normalized spacial score (nSPS) is 17.6. The Labute approximate surface area is 83.2 Å². The van der Waals surface area contributed by atoms with E-state index in [4.69, 9.17) is 0 Å². The van der Waals surface area contributed by atoms with Crippen LogP contribution in [0.15, 0.2) is 59.0 Å². The molecule has 0 aliphatic carbocycles. The van der Waals surface area contributed by atoms with Crippen molar-refractivity contribution in [2.75, 3.05) is 6.54 Å². The van der Waals surface area contributed by atoms with E-state index in [2.05, 4.69) is 10.2 Å². The summed E-state index contributed by atoms with van der Waals surface area (Å²) in [5.41, 5.74) is 0. The summed E-state index contributed by atoms with van der Waals surface area (Å²) in [5, 5.41) is 7.43. The van der Waals surface area contributed by atoms with Crippen LogP contribution in [0, 0.1) is 0 Å². The van der Waals surface area contributed by atoms with Crippen molar-refractivity contribution in [3.8, 4) is 0 Å². The molecule has 0 bridgehead atoms. The summed E-state index contributed by atoms with van der Waals surface area (Å²) in [4.78, 5) is 11.1. The molecule has 3 nitrogen and oxygen atoms in total. The van der Waals surface area contributed by atoms with Crippen LogP contribution in [-0.2, 0) is 4.79 Å². The number of rotatable bonds is 0. The Balaban J connectivity index is 2.63. The van der Waals surface area contributed by atoms with Crippen molar-refractivity contribution in [3.05, 3.63) is 48.7 Å². The van der Waals surface area contributed by atoms with E-state index in [1.807, 2.05) is 36.5 Å². The lowest BCUT2D eigenvalue weighted by Crippen LogP contribution is -1.98. The smallest absolute Gasteiger partial charge is 0.159 e. The summed E-state index contributed by atoms with van der Waals surface area (Å²) in [7, 11) is 0. The third kappa shape index (κ3) is 4.98. The number of carbonyl (C=O) groups excluding carboxylic acids is 1. The van der Waals surface area contributed by atoms with E-state index in [9.17, 15) is 4.79 Å². The molecule has 0 N–H and O–H groups in total. The topological polar surface area (TPSA) is 41.8 Å². The van der Waals surface area contributed by atoms with Crippen LogP contribution in [0.4, 0.5) is 0 Å². The first-order chi connectivity index (χ1) is 6.89. The summed E-state index contributed by atoms with van der Waals surface area (Å²) in [6.07, 6.45) is 14.9. The van der Waals surface area contributed by atoms with E-state index in [0.717, 1.165) is 0 Å². The molecule has 0 unspecified atom stereocenters. The van der Waals surface area contributed by atoms with Gasteiger partial charge in [-0.25, -0.2) is 0 Å². The molecule has 1 heterocycles. The first kappa shape index (κ1) is 10.3. The van der Waals surface area contributed by atoms with Gasteiger partial charge in [-0.3, -0.25) is 4.79 Å². The molecule has 1 aliphatic rings. The van der Waals surface area contributed by atoms with Crippen LogP contribution in [0.1, 0.15) is 6.42 Å². The molecule has 72 valence electrons. The highest BCUT2D eigenvalue weighted by molar-refractivity contribution is 5.81. The summed E-state index contributed by atoms with van der Waals surface area (Å²) in [6, 6.07) is 0. The average molecular weight is 188 g/mol. The molecule has 0 aromatic rings. The monoisotopic (exact) mass is 188 g/mol. The molecule has 1 rings (SSSR count). The van der Waals surface area contributed by atoms with Gasteiger partial charge < -0.3 is 0 Å². The van der Waals surface area contributed by atoms with E-state index >= 15 is 0 Å². The fourth-order valence-corrected chi connectivity index (χ4v) is 0.854. The standard InChI is InChI=1S/C11H12N2O/c14-11-8-6-4-2-1-3-5-7-9-12-13-10-11/h1-7,9H,8,10H2. The van der Waals surface area contributed by atoms with Gasteiger partial charge in [0.05, 0.1) is 0 Å². The number of azo groups is 1. The molecule has 0 aromatic carbocycles. The first-order valence-corrected chi connectivity index (χ1v) is 4.43. The van der Waals surface area contributed by atoms with Gasteiger partial charge in [-0.15, -0.1) is 0 Å². The zero-order chi connectivity index (χ0) is 10.1. The highest BCUT2D eigenvalue weighted by Gasteiger charge is 1.95. The van der Waals surface area contributed by atoms with Gasteiger partial charge >= 0.3 is 0 Å². The van der Waals surface area contributed by atoms with Crippen molar-refractivity contribution in [1.82, 2.24) is 0 Å². The number of Topliss-reactive ketones (excluding diaryl/α,β-unsaturated/α-hetero) is 1. The Morgan fingerprint density at radius 3 is 2.57 bits per heavy atom. The van der Waals surface area contributed by atoms with Gasteiger partial charge in [0.25, 0.3) is 0 Å². The van der Waals surface area contributed by atoms with E-state index in [0.29, 0.717) is 6.42 Å². The minimum Gasteiger partial charge on any atom is -0.297 e. The molecule has 0 aromatic heterocycles. The lowest BCUT2D eigenvalue weighted by molar-refractivity contribution is -0.116. The summed E-state index contributed by atoms with van der Waals surface area (Å²) in [6.45, 7) is 0.155. The fourth-order valence-electron chi connectivity index (χ4n) is 0.854. The Hall–Kier alpha value is -1.77. The van der Waals surface area contributed by atoms with Gasteiger partial charge in [0.1, 0.15) is 6.54 Å². The Kier molecular flexibility index (Phi) is 4.95. The fraction of sp³-hybridized carbons (Fsp3) is 0.182.